The van der Waals surface area contributed by atoms with Gasteiger partial charge in [0.2, 0.25) is 0 Å². The molecule has 1 aromatic heterocycles. The SMILES string of the molecule is C=C(NNC(=O)c1ccccc1OCc1ccccc1Cl)c1cc2ccccc2o1. The lowest BCUT2D eigenvalue weighted by atomic mass is 10.2. The maximum atomic E-state index is 12.7. The summed E-state index contributed by atoms with van der Waals surface area (Å²) in [5.74, 6) is 0.632. The molecule has 1 amide bonds. The van der Waals surface area contributed by atoms with Gasteiger partial charge in [0, 0.05) is 16.0 Å². The number of furan rings is 1. The number of ether oxygens (including phenoxy) is 1. The molecule has 0 saturated heterocycles. The van der Waals surface area contributed by atoms with E-state index in [0.29, 0.717) is 27.8 Å². The van der Waals surface area contributed by atoms with E-state index in [1.165, 1.54) is 0 Å². The number of hydrogen-bond acceptors (Lipinski definition) is 4. The van der Waals surface area contributed by atoms with Crippen molar-refractivity contribution in [1.82, 2.24) is 10.9 Å². The van der Waals surface area contributed by atoms with E-state index in [0.717, 1.165) is 16.5 Å². The van der Waals surface area contributed by atoms with Gasteiger partial charge in [-0.1, -0.05) is 66.7 Å². The first kappa shape index (κ1) is 19.6. The monoisotopic (exact) mass is 418 g/mol. The molecule has 150 valence electrons. The van der Waals surface area contributed by atoms with E-state index in [1.54, 1.807) is 30.3 Å². The molecule has 30 heavy (non-hydrogen) atoms. The zero-order valence-corrected chi connectivity index (χ0v) is 16.8. The number of nitrogens with one attached hydrogen (secondary N) is 2. The maximum Gasteiger partial charge on any atom is 0.273 e. The lowest BCUT2D eigenvalue weighted by molar-refractivity contribution is 0.0937. The molecular weight excluding hydrogens is 400 g/mol. The first-order valence-electron chi connectivity index (χ1n) is 9.31. The van der Waals surface area contributed by atoms with Crippen molar-refractivity contribution in [3.63, 3.8) is 0 Å². The highest BCUT2D eigenvalue weighted by Crippen LogP contribution is 2.23. The van der Waals surface area contributed by atoms with Crippen molar-refractivity contribution in [3.8, 4) is 5.75 Å². The lowest BCUT2D eigenvalue weighted by Crippen LogP contribution is -2.36. The van der Waals surface area contributed by atoms with Crippen molar-refractivity contribution in [2.24, 2.45) is 0 Å². The van der Waals surface area contributed by atoms with E-state index in [-0.39, 0.29) is 12.5 Å². The van der Waals surface area contributed by atoms with Gasteiger partial charge in [-0.25, -0.2) is 0 Å². The van der Waals surface area contributed by atoms with E-state index >= 15 is 0 Å². The average molecular weight is 419 g/mol. The molecule has 0 bridgehead atoms. The molecule has 0 aliphatic carbocycles. The lowest BCUT2D eigenvalue weighted by Gasteiger charge is -2.13. The second-order valence-electron chi connectivity index (χ2n) is 6.58. The molecule has 4 rings (SSSR count). The Morgan fingerprint density at radius 3 is 2.53 bits per heavy atom. The van der Waals surface area contributed by atoms with Crippen LogP contribution in [0.2, 0.25) is 5.02 Å². The summed E-state index contributed by atoms with van der Waals surface area (Å²) in [4.78, 5) is 12.7. The van der Waals surface area contributed by atoms with Crippen LogP contribution in [-0.4, -0.2) is 5.91 Å². The van der Waals surface area contributed by atoms with Gasteiger partial charge in [-0.2, -0.15) is 0 Å². The van der Waals surface area contributed by atoms with Crippen molar-refractivity contribution in [3.05, 3.63) is 107 Å². The summed E-state index contributed by atoms with van der Waals surface area (Å²) >= 11 is 6.18. The Balaban J connectivity index is 1.42. The normalized spacial score (nSPS) is 10.6. The van der Waals surface area contributed by atoms with Gasteiger partial charge in [-0.15, -0.1) is 0 Å². The fourth-order valence-corrected chi connectivity index (χ4v) is 3.13. The van der Waals surface area contributed by atoms with E-state index in [4.69, 9.17) is 20.8 Å². The second kappa shape index (κ2) is 8.76. The van der Waals surface area contributed by atoms with Gasteiger partial charge < -0.3 is 9.15 Å². The summed E-state index contributed by atoms with van der Waals surface area (Å²) in [6.07, 6.45) is 0. The number of para-hydroxylation sites is 2. The molecule has 6 heteroatoms. The predicted molar refractivity (Wildman–Crippen MR) is 118 cm³/mol. The smallest absolute Gasteiger partial charge is 0.273 e. The minimum absolute atomic E-state index is 0.253. The minimum atomic E-state index is -0.359. The number of carbonyl (C=O) groups excluding carboxylic acids is 1. The molecule has 0 fully saturated rings. The zero-order valence-electron chi connectivity index (χ0n) is 16.0. The van der Waals surface area contributed by atoms with Crippen LogP contribution in [0, 0.1) is 0 Å². The summed E-state index contributed by atoms with van der Waals surface area (Å²) in [5, 5.41) is 1.57. The number of fused-ring (bicyclic) bond motifs is 1. The van der Waals surface area contributed by atoms with Crippen LogP contribution >= 0.6 is 11.6 Å². The Bertz CT molecular complexity index is 1180. The number of hydrazine groups is 1. The highest BCUT2D eigenvalue weighted by atomic mass is 35.5. The molecule has 0 saturated carbocycles. The Hall–Kier alpha value is -3.70. The minimum Gasteiger partial charge on any atom is -0.488 e. The Morgan fingerprint density at radius 2 is 1.70 bits per heavy atom. The fraction of sp³-hybridized carbons (Fsp3) is 0.0417. The molecule has 3 aromatic carbocycles. The Labute approximate surface area is 178 Å². The van der Waals surface area contributed by atoms with Crippen molar-refractivity contribution in [2.45, 2.75) is 6.61 Å². The van der Waals surface area contributed by atoms with E-state index < -0.39 is 0 Å². The van der Waals surface area contributed by atoms with Crippen LogP contribution < -0.4 is 15.6 Å². The van der Waals surface area contributed by atoms with Crippen LogP contribution in [0.1, 0.15) is 21.7 Å². The van der Waals surface area contributed by atoms with Crippen LogP contribution in [0.4, 0.5) is 0 Å². The number of benzene rings is 3. The Kier molecular flexibility index (Phi) is 5.72. The highest BCUT2D eigenvalue weighted by molar-refractivity contribution is 6.31. The molecular formula is C24H19ClN2O3. The van der Waals surface area contributed by atoms with Crippen molar-refractivity contribution in [2.75, 3.05) is 0 Å². The first-order chi connectivity index (χ1) is 14.6. The summed E-state index contributed by atoms with van der Waals surface area (Å²) in [5.41, 5.74) is 7.85. The van der Waals surface area contributed by atoms with Gasteiger partial charge in [0.25, 0.3) is 5.91 Å². The highest BCUT2D eigenvalue weighted by Gasteiger charge is 2.14. The third-order valence-electron chi connectivity index (χ3n) is 4.52. The molecule has 0 spiro atoms. The van der Waals surface area contributed by atoms with Crippen LogP contribution in [-0.2, 0) is 6.61 Å². The van der Waals surface area contributed by atoms with Crippen molar-refractivity contribution < 1.29 is 13.9 Å². The third-order valence-corrected chi connectivity index (χ3v) is 4.89. The van der Waals surface area contributed by atoms with E-state index in [2.05, 4.69) is 17.4 Å². The molecule has 4 aromatic rings. The quantitative estimate of drug-likeness (QED) is 0.385. The van der Waals surface area contributed by atoms with E-state index in [1.807, 2.05) is 48.5 Å². The van der Waals surface area contributed by atoms with Crippen LogP contribution in [0.3, 0.4) is 0 Å². The topological polar surface area (TPSA) is 63.5 Å². The molecule has 0 atom stereocenters. The van der Waals surface area contributed by atoms with E-state index in [9.17, 15) is 4.79 Å². The van der Waals surface area contributed by atoms with Gasteiger partial charge in [0.05, 0.1) is 11.3 Å². The summed E-state index contributed by atoms with van der Waals surface area (Å²) < 4.78 is 11.6. The van der Waals surface area contributed by atoms with Gasteiger partial charge in [0.15, 0.2) is 5.76 Å². The molecule has 5 nitrogen and oxygen atoms in total. The summed E-state index contributed by atoms with van der Waals surface area (Å²) in [6.45, 7) is 4.18. The van der Waals surface area contributed by atoms with Crippen LogP contribution in [0.5, 0.6) is 5.75 Å². The zero-order chi connectivity index (χ0) is 20.9. The Morgan fingerprint density at radius 1 is 0.967 bits per heavy atom. The number of carbonyl (C=O) groups is 1. The van der Waals surface area contributed by atoms with Gasteiger partial charge >= 0.3 is 0 Å². The van der Waals surface area contributed by atoms with Crippen LogP contribution in [0.25, 0.3) is 16.7 Å². The van der Waals surface area contributed by atoms with Gasteiger partial charge in [0.1, 0.15) is 17.9 Å². The first-order valence-corrected chi connectivity index (χ1v) is 9.69. The predicted octanol–water partition coefficient (Wildman–Crippen LogP) is 5.57. The number of halogens is 1. The largest absolute Gasteiger partial charge is 0.488 e. The fourth-order valence-electron chi connectivity index (χ4n) is 2.94. The maximum absolute atomic E-state index is 12.7. The van der Waals surface area contributed by atoms with Crippen LogP contribution in [0.15, 0.2) is 89.9 Å². The van der Waals surface area contributed by atoms with Crippen molar-refractivity contribution in [1.29, 1.82) is 0 Å². The molecule has 0 aliphatic heterocycles. The third kappa shape index (κ3) is 4.31. The van der Waals surface area contributed by atoms with Gasteiger partial charge in [-0.05, 0) is 30.3 Å². The summed E-state index contributed by atoms with van der Waals surface area (Å²) in [6, 6.07) is 23.9. The number of amides is 1. The average Bonchev–Trinajstić information content (AvgIpc) is 3.21. The number of hydrogen-bond donors (Lipinski definition) is 2. The summed E-state index contributed by atoms with van der Waals surface area (Å²) in [7, 11) is 0. The number of rotatable bonds is 7. The van der Waals surface area contributed by atoms with Crippen molar-refractivity contribution >= 4 is 34.2 Å². The molecule has 2 N–H and O–H groups in total. The van der Waals surface area contributed by atoms with Gasteiger partial charge in [-0.3, -0.25) is 15.6 Å². The molecule has 0 radical (unpaired) electrons. The standard InChI is InChI=1S/C24H19ClN2O3/c1-16(23-14-17-8-3-6-12-21(17)30-23)26-27-24(28)19-10-4-7-13-22(19)29-15-18-9-2-5-11-20(18)25/h2-14,26H,1,15H2,(H,27,28). The molecule has 1 heterocycles. The molecule has 0 aliphatic rings. The second-order valence-corrected chi connectivity index (χ2v) is 6.99. The molecule has 0 unspecified atom stereocenters.